The number of aliphatic hydroxyl groups excluding tert-OH is 1. The molecule has 2 aromatic carbocycles. The topological polar surface area (TPSA) is 73.1 Å². The fraction of sp³-hybridized carbons (Fsp3) is 0.273. The Morgan fingerprint density at radius 2 is 1.64 bits per heavy atom. The van der Waals surface area contributed by atoms with E-state index in [0.29, 0.717) is 17.2 Å². The molecule has 3 rings (SSSR count). The van der Waals surface area contributed by atoms with Gasteiger partial charge in [-0.2, -0.15) is 0 Å². The second-order valence-electron chi connectivity index (χ2n) is 6.44. The number of para-hydroxylation sites is 2. The van der Waals surface area contributed by atoms with Crippen LogP contribution in [0.25, 0.3) is 0 Å². The summed E-state index contributed by atoms with van der Waals surface area (Å²) in [6.45, 7) is -0.211. The first-order valence-electron chi connectivity index (χ1n) is 8.97. The highest BCUT2D eigenvalue weighted by Crippen LogP contribution is 2.37. The Morgan fingerprint density at radius 3 is 2.25 bits per heavy atom. The third-order valence-corrected chi connectivity index (χ3v) is 4.76. The van der Waals surface area contributed by atoms with Crippen LogP contribution in [0.2, 0.25) is 0 Å². The van der Waals surface area contributed by atoms with E-state index in [1.807, 2.05) is 54.2 Å². The number of aryl methyl sites for hydroxylation is 1. The lowest BCUT2D eigenvalue weighted by Gasteiger charge is -2.28. The van der Waals surface area contributed by atoms with Crippen LogP contribution in [0.3, 0.4) is 0 Å². The van der Waals surface area contributed by atoms with Crippen LogP contribution >= 0.6 is 0 Å². The highest BCUT2D eigenvalue weighted by molar-refractivity contribution is 5.46. The lowest BCUT2D eigenvalue weighted by atomic mass is 9.89. The number of ether oxygens (including phenoxy) is 3. The van der Waals surface area contributed by atoms with Gasteiger partial charge >= 0.3 is 0 Å². The highest BCUT2D eigenvalue weighted by atomic mass is 16.5. The van der Waals surface area contributed by atoms with Crippen molar-refractivity contribution in [3.63, 3.8) is 0 Å². The summed E-state index contributed by atoms with van der Waals surface area (Å²) in [6, 6.07) is 16.4. The Kier molecular flexibility index (Phi) is 6.11. The van der Waals surface area contributed by atoms with Gasteiger partial charge in [0.25, 0.3) is 0 Å². The normalized spacial score (nSPS) is 13.0. The van der Waals surface area contributed by atoms with Gasteiger partial charge < -0.3 is 29.0 Å². The Morgan fingerprint density at radius 1 is 0.929 bits per heavy atom. The SMILES string of the molecule is COc1cc(C(c2cccn2C)C(CO)Oc2ccccc2OC)ccc1O. The van der Waals surface area contributed by atoms with Crippen molar-refractivity contribution in [2.75, 3.05) is 20.8 Å². The van der Waals surface area contributed by atoms with Crippen LogP contribution in [0, 0.1) is 0 Å². The maximum absolute atomic E-state index is 10.2. The van der Waals surface area contributed by atoms with Gasteiger partial charge in [-0.1, -0.05) is 18.2 Å². The van der Waals surface area contributed by atoms with Crippen molar-refractivity contribution in [3.8, 4) is 23.0 Å². The average Bonchev–Trinajstić information content (AvgIpc) is 3.14. The van der Waals surface area contributed by atoms with Crippen LogP contribution < -0.4 is 14.2 Å². The van der Waals surface area contributed by atoms with E-state index in [0.717, 1.165) is 11.3 Å². The molecule has 6 heteroatoms. The first-order valence-corrected chi connectivity index (χ1v) is 8.97. The number of aromatic nitrogens is 1. The molecule has 0 fully saturated rings. The second kappa shape index (κ2) is 8.71. The molecule has 0 aliphatic heterocycles. The van der Waals surface area contributed by atoms with Gasteiger partial charge in [0.1, 0.15) is 6.10 Å². The number of hydrogen-bond donors (Lipinski definition) is 2. The van der Waals surface area contributed by atoms with Crippen LogP contribution in [0.1, 0.15) is 17.2 Å². The fourth-order valence-corrected chi connectivity index (χ4v) is 3.35. The van der Waals surface area contributed by atoms with Gasteiger partial charge in [-0.25, -0.2) is 0 Å². The summed E-state index contributed by atoms with van der Waals surface area (Å²) in [4.78, 5) is 0. The third kappa shape index (κ3) is 3.92. The van der Waals surface area contributed by atoms with Crippen molar-refractivity contribution in [1.82, 2.24) is 4.57 Å². The Balaban J connectivity index is 2.06. The smallest absolute Gasteiger partial charge is 0.161 e. The zero-order chi connectivity index (χ0) is 20.1. The molecule has 1 aromatic heterocycles. The van der Waals surface area contributed by atoms with Crippen LogP contribution in [0.5, 0.6) is 23.0 Å². The van der Waals surface area contributed by atoms with E-state index in [-0.39, 0.29) is 18.3 Å². The first kappa shape index (κ1) is 19.6. The molecular weight excluding hydrogens is 358 g/mol. The van der Waals surface area contributed by atoms with Gasteiger partial charge in [-0.05, 0) is 42.0 Å². The molecule has 0 saturated heterocycles. The van der Waals surface area contributed by atoms with Crippen LogP contribution in [-0.2, 0) is 7.05 Å². The van der Waals surface area contributed by atoms with E-state index in [9.17, 15) is 10.2 Å². The molecule has 0 aliphatic carbocycles. The molecule has 6 nitrogen and oxygen atoms in total. The molecule has 2 N–H and O–H groups in total. The van der Waals surface area contributed by atoms with Crippen LogP contribution in [-0.4, -0.2) is 41.7 Å². The zero-order valence-corrected chi connectivity index (χ0v) is 16.2. The minimum Gasteiger partial charge on any atom is -0.504 e. The minimum absolute atomic E-state index is 0.0584. The van der Waals surface area contributed by atoms with Crippen molar-refractivity contribution in [2.45, 2.75) is 12.0 Å². The van der Waals surface area contributed by atoms with Crippen molar-refractivity contribution >= 4 is 0 Å². The van der Waals surface area contributed by atoms with Crippen molar-refractivity contribution in [1.29, 1.82) is 0 Å². The zero-order valence-electron chi connectivity index (χ0n) is 16.2. The summed E-state index contributed by atoms with van der Waals surface area (Å²) in [7, 11) is 5.03. The van der Waals surface area contributed by atoms with E-state index in [4.69, 9.17) is 14.2 Å². The minimum atomic E-state index is -0.584. The summed E-state index contributed by atoms with van der Waals surface area (Å²) >= 11 is 0. The number of aliphatic hydroxyl groups is 1. The third-order valence-electron chi connectivity index (χ3n) is 4.76. The molecule has 2 unspecified atom stereocenters. The molecule has 28 heavy (non-hydrogen) atoms. The molecule has 2 atom stereocenters. The summed E-state index contributed by atoms with van der Waals surface area (Å²) in [5, 5.41) is 20.2. The molecule has 0 amide bonds. The monoisotopic (exact) mass is 383 g/mol. The molecule has 148 valence electrons. The fourth-order valence-electron chi connectivity index (χ4n) is 3.35. The Bertz CT molecular complexity index is 921. The molecule has 3 aromatic rings. The standard InChI is InChI=1S/C22H25NO5/c1-23-12-6-7-16(23)22(15-10-11-17(25)20(13-15)27-3)21(14-24)28-19-9-5-4-8-18(19)26-2/h4-13,21-22,24-25H,14H2,1-3H3. The number of phenols is 1. The van der Waals surface area contributed by atoms with Gasteiger partial charge in [-0.15, -0.1) is 0 Å². The molecule has 1 heterocycles. The van der Waals surface area contributed by atoms with Gasteiger partial charge in [0, 0.05) is 18.9 Å². The number of nitrogens with zero attached hydrogens (tertiary/aromatic N) is 1. The van der Waals surface area contributed by atoms with Crippen LogP contribution in [0.4, 0.5) is 0 Å². The number of aromatic hydroxyl groups is 1. The second-order valence-corrected chi connectivity index (χ2v) is 6.44. The number of benzene rings is 2. The predicted molar refractivity (Wildman–Crippen MR) is 106 cm³/mol. The largest absolute Gasteiger partial charge is 0.504 e. The molecule has 0 spiro atoms. The summed E-state index contributed by atoms with van der Waals surface area (Å²) < 4.78 is 18.8. The van der Waals surface area contributed by atoms with Crippen molar-refractivity contribution < 1.29 is 24.4 Å². The summed E-state index contributed by atoms with van der Waals surface area (Å²) in [5.74, 6) is 1.27. The van der Waals surface area contributed by atoms with E-state index >= 15 is 0 Å². The van der Waals surface area contributed by atoms with E-state index < -0.39 is 6.10 Å². The van der Waals surface area contributed by atoms with Gasteiger partial charge in [-0.3, -0.25) is 0 Å². The van der Waals surface area contributed by atoms with Gasteiger partial charge in [0.2, 0.25) is 0 Å². The number of rotatable bonds is 8. The first-order chi connectivity index (χ1) is 13.6. The quantitative estimate of drug-likeness (QED) is 0.624. The molecule has 0 radical (unpaired) electrons. The van der Waals surface area contributed by atoms with Gasteiger partial charge in [0.05, 0.1) is 26.7 Å². The Labute approximate surface area is 164 Å². The lowest BCUT2D eigenvalue weighted by Crippen LogP contribution is -2.31. The number of phenolic OH excluding ortho intramolecular Hbond substituents is 1. The molecule has 0 saturated carbocycles. The molecular formula is C22H25NO5. The van der Waals surface area contributed by atoms with Crippen molar-refractivity contribution in [2.24, 2.45) is 7.05 Å². The predicted octanol–water partition coefficient (Wildman–Crippen LogP) is 3.32. The average molecular weight is 383 g/mol. The highest BCUT2D eigenvalue weighted by Gasteiger charge is 2.29. The summed E-state index contributed by atoms with van der Waals surface area (Å²) in [5.41, 5.74) is 1.81. The maximum atomic E-state index is 10.2. The van der Waals surface area contributed by atoms with Crippen LogP contribution in [0.15, 0.2) is 60.8 Å². The van der Waals surface area contributed by atoms with Crippen molar-refractivity contribution in [3.05, 3.63) is 72.1 Å². The number of hydrogen-bond acceptors (Lipinski definition) is 5. The van der Waals surface area contributed by atoms with Gasteiger partial charge in [0.15, 0.2) is 23.0 Å². The van der Waals surface area contributed by atoms with E-state index in [1.54, 1.807) is 25.3 Å². The molecule has 0 bridgehead atoms. The summed E-state index contributed by atoms with van der Waals surface area (Å²) in [6.07, 6.45) is 1.36. The van der Waals surface area contributed by atoms with E-state index in [2.05, 4.69) is 0 Å². The lowest BCUT2D eigenvalue weighted by molar-refractivity contribution is 0.0979. The maximum Gasteiger partial charge on any atom is 0.161 e. The van der Waals surface area contributed by atoms with E-state index in [1.165, 1.54) is 7.11 Å². The molecule has 0 aliphatic rings. The number of methoxy groups -OCH3 is 2. The Hall–Kier alpha value is -3.12.